The number of hydrogen-bond acceptors (Lipinski definition) is 1. The first-order valence-corrected chi connectivity index (χ1v) is 9.00. The van der Waals surface area contributed by atoms with Gasteiger partial charge in [-0.15, -0.1) is 11.6 Å². The van der Waals surface area contributed by atoms with Gasteiger partial charge in [0.15, 0.2) is 0 Å². The molecule has 0 aliphatic heterocycles. The molecule has 0 radical (unpaired) electrons. The van der Waals surface area contributed by atoms with Gasteiger partial charge in [0.1, 0.15) is 5.75 Å². The highest BCUT2D eigenvalue weighted by molar-refractivity contribution is 9.10. The van der Waals surface area contributed by atoms with Crippen molar-refractivity contribution in [2.75, 3.05) is 6.61 Å². The summed E-state index contributed by atoms with van der Waals surface area (Å²) in [6.07, 6.45) is 8.98. The minimum absolute atomic E-state index is 0.118. The molecule has 1 fully saturated rings. The second-order valence-corrected chi connectivity index (χ2v) is 7.11. The molecule has 1 aromatic carbocycles. The number of benzene rings is 1. The van der Waals surface area contributed by atoms with Crippen LogP contribution in [0.25, 0.3) is 0 Å². The third-order valence-corrected chi connectivity index (χ3v) is 5.17. The van der Waals surface area contributed by atoms with Gasteiger partial charge in [-0.25, -0.2) is 0 Å². The second kappa shape index (κ2) is 8.29. The van der Waals surface area contributed by atoms with Gasteiger partial charge < -0.3 is 4.74 Å². The fourth-order valence-electron chi connectivity index (χ4n) is 2.89. The van der Waals surface area contributed by atoms with Crippen molar-refractivity contribution in [1.29, 1.82) is 0 Å². The molecule has 0 aromatic heterocycles. The SMILES string of the molecule is CCCOc1ccc(C(Cl)CCC2CCCC2)cc1Br. The van der Waals surface area contributed by atoms with Gasteiger partial charge >= 0.3 is 0 Å². The number of hydrogen-bond donors (Lipinski definition) is 0. The Morgan fingerprint density at radius 2 is 2.10 bits per heavy atom. The summed E-state index contributed by atoms with van der Waals surface area (Å²) in [5.74, 6) is 1.82. The van der Waals surface area contributed by atoms with Gasteiger partial charge in [0, 0.05) is 0 Å². The zero-order chi connectivity index (χ0) is 14.4. The van der Waals surface area contributed by atoms with Gasteiger partial charge in [-0.2, -0.15) is 0 Å². The second-order valence-electron chi connectivity index (χ2n) is 5.73. The maximum absolute atomic E-state index is 6.55. The van der Waals surface area contributed by atoms with E-state index in [4.69, 9.17) is 16.3 Å². The highest BCUT2D eigenvalue weighted by Crippen LogP contribution is 2.36. The highest BCUT2D eigenvalue weighted by Gasteiger charge is 2.17. The summed E-state index contributed by atoms with van der Waals surface area (Å²) < 4.78 is 6.68. The number of alkyl halides is 1. The van der Waals surface area contributed by atoms with Gasteiger partial charge in [0.25, 0.3) is 0 Å². The van der Waals surface area contributed by atoms with E-state index in [-0.39, 0.29) is 5.38 Å². The topological polar surface area (TPSA) is 9.23 Å². The number of halogens is 2. The van der Waals surface area contributed by atoms with Gasteiger partial charge in [0.05, 0.1) is 16.5 Å². The molecule has 0 saturated heterocycles. The Labute approximate surface area is 136 Å². The third-order valence-electron chi connectivity index (χ3n) is 4.08. The van der Waals surface area contributed by atoms with E-state index in [1.807, 2.05) is 6.07 Å². The number of ether oxygens (including phenoxy) is 1. The predicted molar refractivity (Wildman–Crippen MR) is 89.7 cm³/mol. The summed E-state index contributed by atoms with van der Waals surface area (Å²) in [5.41, 5.74) is 1.19. The number of rotatable bonds is 7. The van der Waals surface area contributed by atoms with Crippen LogP contribution in [0.3, 0.4) is 0 Å². The monoisotopic (exact) mass is 358 g/mol. The predicted octanol–water partition coefficient (Wildman–Crippen LogP) is 6.49. The molecule has 0 heterocycles. The average molecular weight is 360 g/mol. The molecule has 0 spiro atoms. The standard InChI is InChI=1S/C17H24BrClO/c1-2-11-20-17-10-8-14(12-15(17)18)16(19)9-7-13-5-3-4-6-13/h8,10,12-13,16H,2-7,9,11H2,1H3. The summed E-state index contributed by atoms with van der Waals surface area (Å²) in [7, 11) is 0. The zero-order valence-corrected chi connectivity index (χ0v) is 14.5. The molecule has 1 unspecified atom stereocenters. The first-order valence-electron chi connectivity index (χ1n) is 7.77. The Bertz CT molecular complexity index is 415. The fraction of sp³-hybridized carbons (Fsp3) is 0.647. The normalized spacial score (nSPS) is 17.4. The minimum Gasteiger partial charge on any atom is -0.492 e. The quantitative estimate of drug-likeness (QED) is 0.506. The third kappa shape index (κ3) is 4.66. The van der Waals surface area contributed by atoms with Crippen LogP contribution < -0.4 is 4.74 Å². The lowest BCUT2D eigenvalue weighted by atomic mass is 9.98. The first-order chi connectivity index (χ1) is 9.70. The van der Waals surface area contributed by atoms with E-state index < -0.39 is 0 Å². The van der Waals surface area contributed by atoms with E-state index in [0.29, 0.717) is 0 Å². The van der Waals surface area contributed by atoms with Crippen molar-refractivity contribution in [3.05, 3.63) is 28.2 Å². The lowest BCUT2D eigenvalue weighted by Gasteiger charge is -2.15. The van der Waals surface area contributed by atoms with Crippen LogP contribution >= 0.6 is 27.5 Å². The van der Waals surface area contributed by atoms with E-state index in [9.17, 15) is 0 Å². The molecule has 0 N–H and O–H groups in total. The van der Waals surface area contributed by atoms with Crippen LogP contribution in [0.5, 0.6) is 5.75 Å². The first kappa shape index (κ1) is 16.2. The molecule has 1 aromatic rings. The molecule has 1 aliphatic carbocycles. The van der Waals surface area contributed by atoms with Crippen LogP contribution in [0.4, 0.5) is 0 Å². The molecule has 1 saturated carbocycles. The van der Waals surface area contributed by atoms with Gasteiger partial charge in [-0.05, 0) is 58.8 Å². The molecule has 2 rings (SSSR count). The van der Waals surface area contributed by atoms with Crippen LogP contribution in [0.2, 0.25) is 0 Å². The van der Waals surface area contributed by atoms with E-state index in [1.54, 1.807) is 0 Å². The summed E-state index contributed by atoms with van der Waals surface area (Å²) in [6, 6.07) is 6.24. The van der Waals surface area contributed by atoms with E-state index in [1.165, 1.54) is 37.7 Å². The van der Waals surface area contributed by atoms with Crippen LogP contribution in [-0.4, -0.2) is 6.61 Å². The van der Waals surface area contributed by atoms with E-state index >= 15 is 0 Å². The van der Waals surface area contributed by atoms with Crippen LogP contribution in [0.1, 0.15) is 62.8 Å². The van der Waals surface area contributed by atoms with E-state index in [0.717, 1.165) is 35.6 Å². The molecule has 112 valence electrons. The zero-order valence-electron chi connectivity index (χ0n) is 12.2. The van der Waals surface area contributed by atoms with Crippen molar-refractivity contribution in [3.8, 4) is 5.75 Å². The summed E-state index contributed by atoms with van der Waals surface area (Å²) in [4.78, 5) is 0. The van der Waals surface area contributed by atoms with E-state index in [2.05, 4.69) is 35.0 Å². The Hall–Kier alpha value is -0.210. The van der Waals surface area contributed by atoms with Crippen molar-refractivity contribution in [1.82, 2.24) is 0 Å². The van der Waals surface area contributed by atoms with Gasteiger partial charge in [0.2, 0.25) is 0 Å². The van der Waals surface area contributed by atoms with Crippen LogP contribution in [0.15, 0.2) is 22.7 Å². The van der Waals surface area contributed by atoms with Crippen LogP contribution in [0, 0.1) is 5.92 Å². The Morgan fingerprint density at radius 1 is 1.35 bits per heavy atom. The highest BCUT2D eigenvalue weighted by atomic mass is 79.9. The summed E-state index contributed by atoms with van der Waals surface area (Å²) in [5, 5.41) is 0.118. The fourth-order valence-corrected chi connectivity index (χ4v) is 3.66. The lowest BCUT2D eigenvalue weighted by Crippen LogP contribution is -1.99. The Morgan fingerprint density at radius 3 is 2.75 bits per heavy atom. The molecule has 1 aliphatic rings. The molecule has 0 bridgehead atoms. The maximum Gasteiger partial charge on any atom is 0.133 e. The molecule has 1 atom stereocenters. The van der Waals surface area contributed by atoms with Crippen molar-refractivity contribution in [3.63, 3.8) is 0 Å². The summed E-state index contributed by atoms with van der Waals surface area (Å²) in [6.45, 7) is 2.87. The summed E-state index contributed by atoms with van der Waals surface area (Å²) >= 11 is 10.1. The van der Waals surface area contributed by atoms with Crippen molar-refractivity contribution in [2.45, 2.75) is 57.2 Å². The smallest absolute Gasteiger partial charge is 0.133 e. The largest absolute Gasteiger partial charge is 0.492 e. The Balaban J connectivity index is 1.88. The van der Waals surface area contributed by atoms with Crippen molar-refractivity contribution in [2.24, 2.45) is 5.92 Å². The Kier molecular flexibility index (Phi) is 6.70. The average Bonchev–Trinajstić information content (AvgIpc) is 2.96. The van der Waals surface area contributed by atoms with Crippen LogP contribution in [-0.2, 0) is 0 Å². The molecule has 1 nitrogen and oxygen atoms in total. The maximum atomic E-state index is 6.55. The minimum atomic E-state index is 0.118. The lowest BCUT2D eigenvalue weighted by molar-refractivity contribution is 0.315. The van der Waals surface area contributed by atoms with Crippen molar-refractivity contribution >= 4 is 27.5 Å². The van der Waals surface area contributed by atoms with Gasteiger partial charge in [-0.3, -0.25) is 0 Å². The molecular formula is C17H24BrClO. The molecular weight excluding hydrogens is 336 g/mol. The van der Waals surface area contributed by atoms with Crippen molar-refractivity contribution < 1.29 is 4.74 Å². The molecule has 20 heavy (non-hydrogen) atoms. The van der Waals surface area contributed by atoms with Gasteiger partial charge in [-0.1, -0.05) is 38.7 Å². The molecule has 0 amide bonds. The molecule has 3 heteroatoms.